The first kappa shape index (κ1) is 54.2. The maximum absolute atomic E-state index is 13.2. The van der Waals surface area contributed by atoms with Gasteiger partial charge in [0.1, 0.15) is 23.6 Å². The molecule has 7 amide bonds. The number of nitrogens with zero attached hydrogens (tertiary/aromatic N) is 8. The first-order valence-electron chi connectivity index (χ1n) is 26.1. The summed E-state index contributed by atoms with van der Waals surface area (Å²) in [6.07, 6.45) is 6.72. The molecule has 75 heavy (non-hydrogen) atoms. The normalized spacial score (nSPS) is 20.4. The Morgan fingerprint density at radius 3 is 1.84 bits per heavy atom. The number of piperidine rings is 2. The van der Waals surface area contributed by atoms with E-state index in [0.717, 1.165) is 55.0 Å². The molecule has 0 bridgehead atoms. The Morgan fingerprint density at radius 1 is 0.733 bits per heavy atom. The third-order valence-electron chi connectivity index (χ3n) is 14.8. The highest BCUT2D eigenvalue weighted by atomic mass is 16.4. The number of pyridine rings is 2. The Balaban J connectivity index is 0.714. The van der Waals surface area contributed by atoms with Gasteiger partial charge in [0, 0.05) is 76.1 Å². The number of hydrazone groups is 1. The van der Waals surface area contributed by atoms with Crippen molar-refractivity contribution < 1.29 is 54.0 Å². The second-order valence-corrected chi connectivity index (χ2v) is 20.3. The zero-order chi connectivity index (χ0) is 53.3. The van der Waals surface area contributed by atoms with E-state index in [-0.39, 0.29) is 94.9 Å². The molecule has 5 aliphatic heterocycles. The molecule has 2 aromatic rings. The van der Waals surface area contributed by atoms with Gasteiger partial charge in [-0.05, 0) is 120 Å². The smallest absolute Gasteiger partial charge is 0.329 e. The van der Waals surface area contributed by atoms with Crippen LogP contribution in [0.25, 0.3) is 5.53 Å². The quantitative estimate of drug-likeness (QED) is 0.0752. The molecule has 0 radical (unpaired) electrons. The molecule has 408 valence electrons. The van der Waals surface area contributed by atoms with Crippen LogP contribution in [0.15, 0.2) is 29.4 Å². The van der Waals surface area contributed by atoms with Crippen molar-refractivity contribution in [2.24, 2.45) is 11.0 Å². The lowest BCUT2D eigenvalue weighted by Crippen LogP contribution is -2.62. The minimum absolute atomic E-state index is 0.0392. The van der Waals surface area contributed by atoms with Crippen molar-refractivity contribution in [1.82, 2.24) is 56.5 Å². The third kappa shape index (κ3) is 14.0. The minimum Gasteiger partial charge on any atom is -0.480 e. The molecule has 26 nitrogen and oxygen atoms in total. The summed E-state index contributed by atoms with van der Waals surface area (Å²) in [5.74, 6) is -2.37. The van der Waals surface area contributed by atoms with Crippen LogP contribution in [0.2, 0.25) is 0 Å². The summed E-state index contributed by atoms with van der Waals surface area (Å²) in [5, 5.41) is 70.1. The maximum atomic E-state index is 13.2. The van der Waals surface area contributed by atoms with E-state index in [9.17, 15) is 54.0 Å². The lowest BCUT2D eigenvalue weighted by atomic mass is 9.84. The van der Waals surface area contributed by atoms with E-state index in [0.29, 0.717) is 63.3 Å². The van der Waals surface area contributed by atoms with Crippen LogP contribution >= 0.6 is 0 Å². The minimum atomic E-state index is -1.79. The summed E-state index contributed by atoms with van der Waals surface area (Å²) in [6, 6.07) is 4.19. The number of likely N-dealkylation sites (tertiary alicyclic amines) is 2. The number of nitrogens with one attached hydrogen (secondary N) is 7. The summed E-state index contributed by atoms with van der Waals surface area (Å²) >= 11 is 0. The molecule has 7 heterocycles. The molecule has 26 heteroatoms. The molecular formula is C49H70N15O11-. The third-order valence-corrected chi connectivity index (χ3v) is 14.8. The number of hydrogen-bond donors (Lipinski definition) is 11. The van der Waals surface area contributed by atoms with Gasteiger partial charge in [-0.1, -0.05) is 12.1 Å². The molecule has 1 saturated carbocycles. The number of aliphatic hydroxyl groups is 2. The second-order valence-electron chi connectivity index (χ2n) is 20.3. The number of carboxylic acids is 2. The van der Waals surface area contributed by atoms with Crippen molar-refractivity contribution >= 4 is 59.2 Å². The van der Waals surface area contributed by atoms with E-state index in [1.165, 1.54) is 15.6 Å². The Labute approximate surface area is 434 Å². The molecule has 6 aliphatic rings. The molecule has 11 N–H and O–H groups in total. The van der Waals surface area contributed by atoms with Gasteiger partial charge >= 0.3 is 24.0 Å². The molecule has 3 atom stereocenters. The fraction of sp³-hybridized carbons (Fsp3) is 0.633. The van der Waals surface area contributed by atoms with E-state index in [1.807, 2.05) is 18.2 Å². The van der Waals surface area contributed by atoms with Crippen molar-refractivity contribution in [3.05, 3.63) is 52.3 Å². The highest BCUT2D eigenvalue weighted by Gasteiger charge is 2.47. The number of aliphatic carboxylic acids is 2. The molecule has 3 unspecified atom stereocenters. The Bertz CT molecular complexity index is 2480. The van der Waals surface area contributed by atoms with Crippen LogP contribution < -0.4 is 37.2 Å². The van der Waals surface area contributed by atoms with Crippen LogP contribution in [0.5, 0.6) is 0 Å². The van der Waals surface area contributed by atoms with Gasteiger partial charge in [-0.3, -0.25) is 14.4 Å². The van der Waals surface area contributed by atoms with Gasteiger partial charge in [0.25, 0.3) is 0 Å². The van der Waals surface area contributed by atoms with Crippen molar-refractivity contribution in [1.29, 1.82) is 0 Å². The van der Waals surface area contributed by atoms with Crippen molar-refractivity contribution in [2.75, 3.05) is 69.5 Å². The number of carboxylic acid groups (broad SMARTS) is 2. The van der Waals surface area contributed by atoms with Gasteiger partial charge in [0.05, 0.1) is 17.7 Å². The standard InChI is InChI=1S/C49H70N15O11/c1-30-59-64(60-63(30)24-16-37(65)57-39(44(68)69)48(74)17-25-61(26-18-48)46(72)51-22-3-6-34-13-10-31-5-2-21-50-41(31)54-34)36-15-12-32-11-14-35(55-42(32)56-36)7-4-23-52-47(73)62-27-19-49(75,20-28-62)40(45(70)71)58-38(66)29-53-43(67)33-8-9-33/h10-11,13-14,33,36,39-40,74-75H,2-9,12,15-29H2,1H3,(H,50,54)(H,51,72)(H,52,73)(H,53,67)(H,55,56)(H,57,65)(H,58,66)(H,68,69)(H,70,71)/q-1. The number of aromatic nitrogens is 2. The highest BCUT2D eigenvalue weighted by molar-refractivity contribution is 5.90. The summed E-state index contributed by atoms with van der Waals surface area (Å²) in [6.45, 7) is 3.46. The zero-order valence-corrected chi connectivity index (χ0v) is 42.3. The number of carbonyl (C=O) groups excluding carboxylic acids is 5. The predicted octanol–water partition coefficient (Wildman–Crippen LogP) is 0.367. The summed E-state index contributed by atoms with van der Waals surface area (Å²) in [7, 11) is 0. The van der Waals surface area contributed by atoms with Crippen molar-refractivity contribution in [2.45, 2.75) is 133 Å². The van der Waals surface area contributed by atoms with Gasteiger partial charge in [-0.2, -0.15) is 5.10 Å². The second kappa shape index (κ2) is 24.1. The Kier molecular flexibility index (Phi) is 17.4. The molecule has 0 aromatic carbocycles. The number of urea groups is 2. The van der Waals surface area contributed by atoms with E-state index < -0.39 is 53.6 Å². The molecule has 3 fully saturated rings. The Morgan fingerprint density at radius 2 is 1.28 bits per heavy atom. The molecule has 2 saturated heterocycles. The van der Waals surface area contributed by atoms with Crippen LogP contribution in [-0.4, -0.2) is 186 Å². The fourth-order valence-corrected chi connectivity index (χ4v) is 10.0. The molecule has 8 rings (SSSR count). The molecule has 1 aliphatic carbocycles. The highest BCUT2D eigenvalue weighted by Crippen LogP contribution is 2.32. The van der Waals surface area contributed by atoms with Gasteiger partial charge in [0.15, 0.2) is 12.1 Å². The van der Waals surface area contributed by atoms with Gasteiger partial charge in [0.2, 0.25) is 17.7 Å². The molecule has 0 spiro atoms. The first-order valence-corrected chi connectivity index (χ1v) is 26.1. The maximum Gasteiger partial charge on any atom is 0.329 e. The number of fused-ring (bicyclic) bond motifs is 2. The van der Waals surface area contributed by atoms with Crippen molar-refractivity contribution in [3.8, 4) is 0 Å². The number of hydrogen-bond acceptors (Lipinski definition) is 16. The summed E-state index contributed by atoms with van der Waals surface area (Å²) < 4.78 is 0. The molecule has 2 aromatic heterocycles. The zero-order valence-electron chi connectivity index (χ0n) is 42.3. The monoisotopic (exact) mass is 1040 g/mol. The summed E-state index contributed by atoms with van der Waals surface area (Å²) in [4.78, 5) is 101. The van der Waals surface area contributed by atoms with Crippen LogP contribution in [0, 0.1) is 5.92 Å². The number of anilines is 2. The van der Waals surface area contributed by atoms with E-state index in [4.69, 9.17) is 9.97 Å². The van der Waals surface area contributed by atoms with Crippen LogP contribution in [0.1, 0.15) is 100 Å². The van der Waals surface area contributed by atoms with E-state index in [2.05, 4.69) is 53.9 Å². The van der Waals surface area contributed by atoms with Crippen LogP contribution in [0.4, 0.5) is 21.2 Å². The first-order chi connectivity index (χ1) is 36.0. The number of amidine groups is 1. The number of aryl methyl sites for hydroxylation is 4. The number of rotatable bonds is 21. The molecular weight excluding hydrogens is 975 g/mol. The largest absolute Gasteiger partial charge is 0.480 e. The lowest BCUT2D eigenvalue weighted by Gasteiger charge is -2.43. The topological polar surface area (TPSA) is 350 Å². The van der Waals surface area contributed by atoms with Crippen molar-refractivity contribution in [3.63, 3.8) is 0 Å². The Hall–Kier alpha value is -7.06. The average molecular weight is 1050 g/mol. The van der Waals surface area contributed by atoms with E-state index >= 15 is 0 Å². The average Bonchev–Trinajstić information content (AvgIpc) is 4.19. The lowest BCUT2D eigenvalue weighted by molar-refractivity contribution is -0.153. The summed E-state index contributed by atoms with van der Waals surface area (Å²) in [5.41, 5.74) is 5.00. The fourth-order valence-electron chi connectivity index (χ4n) is 10.0. The van der Waals surface area contributed by atoms with Crippen LogP contribution in [0.3, 0.4) is 0 Å². The van der Waals surface area contributed by atoms with E-state index in [1.54, 1.807) is 16.8 Å². The van der Waals surface area contributed by atoms with Crippen LogP contribution in [-0.2, 0) is 49.7 Å². The van der Waals surface area contributed by atoms with Gasteiger partial charge < -0.3 is 83.1 Å². The van der Waals surface area contributed by atoms with Gasteiger partial charge in [-0.15, -0.1) is 0 Å². The SMILES string of the molecule is CC1=NN(C2CCc3ccc(CCCNC(=O)N4CCC(O)(C(NC(=O)CNC(=O)C5CC5)C(=O)O)CC4)nc3N2)[N-]N1CCC(=O)NC(C(=O)O)C1(O)CCN(C(=O)NCCCc2ccc3c(n2)NCCC3)CC1. The number of carbonyl (C=O) groups is 7. The van der Waals surface area contributed by atoms with Gasteiger partial charge in [-0.25, -0.2) is 29.1 Å². The number of amides is 7. The predicted molar refractivity (Wildman–Crippen MR) is 270 cm³/mol.